The van der Waals surface area contributed by atoms with E-state index < -0.39 is 0 Å². The lowest BCUT2D eigenvalue weighted by molar-refractivity contribution is 0.638. The number of thiazole rings is 1. The van der Waals surface area contributed by atoms with E-state index in [0.717, 1.165) is 6.42 Å². The molecular formula is C11H14N2S. The molecule has 3 heteroatoms. The van der Waals surface area contributed by atoms with E-state index >= 15 is 0 Å². The van der Waals surface area contributed by atoms with Gasteiger partial charge < -0.3 is 4.57 Å². The van der Waals surface area contributed by atoms with Crippen LogP contribution in [0.25, 0.3) is 0 Å². The minimum atomic E-state index is 0.357. The van der Waals surface area contributed by atoms with Crippen LogP contribution in [0.1, 0.15) is 29.8 Å². The van der Waals surface area contributed by atoms with Gasteiger partial charge in [0, 0.05) is 23.5 Å². The Labute approximate surface area is 88.2 Å². The maximum atomic E-state index is 4.44. The molecule has 0 aliphatic carbocycles. The number of nitrogens with zero attached hydrogens (tertiary/aromatic N) is 2. The molecule has 14 heavy (non-hydrogen) atoms. The van der Waals surface area contributed by atoms with Gasteiger partial charge in [-0.1, -0.05) is 6.92 Å². The minimum absolute atomic E-state index is 0.357. The van der Waals surface area contributed by atoms with Crippen molar-refractivity contribution in [2.45, 2.75) is 26.3 Å². The van der Waals surface area contributed by atoms with Crippen molar-refractivity contribution in [3.05, 3.63) is 40.6 Å². The lowest BCUT2D eigenvalue weighted by Crippen LogP contribution is -2.02. The number of hydrogen-bond donors (Lipinski definition) is 0. The van der Waals surface area contributed by atoms with E-state index in [1.54, 1.807) is 0 Å². The highest BCUT2D eigenvalue weighted by atomic mass is 32.1. The molecule has 2 aromatic heterocycles. The minimum Gasteiger partial charge on any atom is -0.345 e. The van der Waals surface area contributed by atoms with Crippen LogP contribution in [0, 0.1) is 0 Å². The van der Waals surface area contributed by atoms with Gasteiger partial charge in [-0.15, -0.1) is 11.3 Å². The van der Waals surface area contributed by atoms with Crippen LogP contribution < -0.4 is 0 Å². The number of aryl methyl sites for hydroxylation is 1. The zero-order chi connectivity index (χ0) is 9.97. The second-order valence-electron chi connectivity index (χ2n) is 3.32. The molecule has 74 valence electrons. The van der Waals surface area contributed by atoms with Crippen LogP contribution in [0.15, 0.2) is 30.7 Å². The molecule has 0 aliphatic rings. The fourth-order valence-corrected chi connectivity index (χ4v) is 2.33. The third-order valence-electron chi connectivity index (χ3n) is 2.35. The number of rotatable bonds is 3. The monoisotopic (exact) mass is 206 g/mol. The van der Waals surface area contributed by atoms with Gasteiger partial charge in [-0.25, -0.2) is 4.98 Å². The normalized spacial score (nSPS) is 13.0. The molecule has 0 aromatic carbocycles. The SMILES string of the molecule is CCc1cnc(C(C)n2cccc2)s1. The number of aromatic nitrogens is 2. The quantitative estimate of drug-likeness (QED) is 0.754. The summed E-state index contributed by atoms with van der Waals surface area (Å²) in [5, 5.41) is 1.19. The zero-order valence-corrected chi connectivity index (χ0v) is 9.29. The van der Waals surface area contributed by atoms with Crippen LogP contribution >= 0.6 is 11.3 Å². The van der Waals surface area contributed by atoms with Crippen molar-refractivity contribution in [2.24, 2.45) is 0 Å². The van der Waals surface area contributed by atoms with E-state index in [-0.39, 0.29) is 0 Å². The van der Waals surface area contributed by atoms with Crippen molar-refractivity contribution in [1.29, 1.82) is 0 Å². The summed E-state index contributed by atoms with van der Waals surface area (Å²) in [7, 11) is 0. The van der Waals surface area contributed by atoms with E-state index in [2.05, 4.69) is 35.8 Å². The topological polar surface area (TPSA) is 17.8 Å². The highest BCUT2D eigenvalue weighted by molar-refractivity contribution is 7.11. The van der Waals surface area contributed by atoms with Crippen LogP contribution in [0.3, 0.4) is 0 Å². The fraction of sp³-hybridized carbons (Fsp3) is 0.364. The van der Waals surface area contributed by atoms with Crippen LogP contribution in [-0.2, 0) is 6.42 Å². The molecule has 0 saturated carbocycles. The molecule has 0 aliphatic heterocycles. The van der Waals surface area contributed by atoms with Crippen molar-refractivity contribution in [1.82, 2.24) is 9.55 Å². The van der Waals surface area contributed by atoms with Crippen molar-refractivity contribution in [3.8, 4) is 0 Å². The first-order valence-electron chi connectivity index (χ1n) is 4.88. The molecule has 2 nitrogen and oxygen atoms in total. The Kier molecular flexibility index (Phi) is 2.68. The third kappa shape index (κ3) is 1.73. The van der Waals surface area contributed by atoms with Crippen LogP contribution in [-0.4, -0.2) is 9.55 Å². The van der Waals surface area contributed by atoms with Gasteiger partial charge in [-0.05, 0) is 25.5 Å². The van der Waals surface area contributed by atoms with Gasteiger partial charge in [0.05, 0.1) is 6.04 Å². The summed E-state index contributed by atoms with van der Waals surface area (Å²) in [6, 6.07) is 4.45. The van der Waals surface area contributed by atoms with E-state index in [1.807, 2.05) is 29.7 Å². The molecule has 0 fully saturated rings. The average Bonchev–Trinajstić information content (AvgIpc) is 2.88. The van der Waals surface area contributed by atoms with Crippen molar-refractivity contribution in [2.75, 3.05) is 0 Å². The van der Waals surface area contributed by atoms with Crippen molar-refractivity contribution in [3.63, 3.8) is 0 Å². The standard InChI is InChI=1S/C11H14N2S/c1-3-10-8-12-11(14-10)9(2)13-6-4-5-7-13/h4-9H,3H2,1-2H3. The second-order valence-corrected chi connectivity index (χ2v) is 4.47. The Bertz CT molecular complexity index is 389. The smallest absolute Gasteiger partial charge is 0.115 e. The first kappa shape index (κ1) is 9.46. The summed E-state index contributed by atoms with van der Waals surface area (Å²) in [5.41, 5.74) is 0. The molecule has 0 saturated heterocycles. The Morgan fingerprint density at radius 2 is 2.14 bits per heavy atom. The molecule has 2 rings (SSSR count). The summed E-state index contributed by atoms with van der Waals surface area (Å²) in [5.74, 6) is 0. The third-order valence-corrected chi connectivity index (χ3v) is 3.66. The predicted octanol–water partition coefficient (Wildman–Crippen LogP) is 3.12. The summed E-state index contributed by atoms with van der Waals surface area (Å²) in [6.45, 7) is 4.34. The first-order valence-corrected chi connectivity index (χ1v) is 5.70. The van der Waals surface area contributed by atoms with Gasteiger partial charge in [-0.2, -0.15) is 0 Å². The van der Waals surface area contributed by atoms with E-state index in [1.165, 1.54) is 9.88 Å². The molecular weight excluding hydrogens is 192 g/mol. The Balaban J connectivity index is 2.23. The molecule has 0 bridgehead atoms. The van der Waals surface area contributed by atoms with Crippen LogP contribution in [0.5, 0.6) is 0 Å². The average molecular weight is 206 g/mol. The van der Waals surface area contributed by atoms with Gasteiger partial charge in [0.1, 0.15) is 5.01 Å². The highest BCUT2D eigenvalue weighted by Gasteiger charge is 2.10. The molecule has 1 unspecified atom stereocenters. The van der Waals surface area contributed by atoms with E-state index in [4.69, 9.17) is 0 Å². The van der Waals surface area contributed by atoms with Gasteiger partial charge in [0.15, 0.2) is 0 Å². The zero-order valence-electron chi connectivity index (χ0n) is 8.47. The lowest BCUT2D eigenvalue weighted by atomic mass is 10.3. The summed E-state index contributed by atoms with van der Waals surface area (Å²) in [4.78, 5) is 5.80. The molecule has 0 spiro atoms. The lowest BCUT2D eigenvalue weighted by Gasteiger charge is -2.09. The summed E-state index contributed by atoms with van der Waals surface area (Å²) < 4.78 is 2.18. The molecule has 2 aromatic rings. The Hall–Kier alpha value is -1.09. The van der Waals surface area contributed by atoms with E-state index in [0.29, 0.717) is 6.04 Å². The first-order chi connectivity index (χ1) is 6.81. The summed E-state index contributed by atoms with van der Waals surface area (Å²) >= 11 is 1.81. The maximum Gasteiger partial charge on any atom is 0.115 e. The van der Waals surface area contributed by atoms with Crippen molar-refractivity contribution < 1.29 is 0 Å². The van der Waals surface area contributed by atoms with Crippen molar-refractivity contribution >= 4 is 11.3 Å². The summed E-state index contributed by atoms with van der Waals surface area (Å²) in [6.07, 6.45) is 7.23. The number of hydrogen-bond acceptors (Lipinski definition) is 2. The van der Waals surface area contributed by atoms with Gasteiger partial charge in [0.25, 0.3) is 0 Å². The predicted molar refractivity (Wildman–Crippen MR) is 59.7 cm³/mol. The Morgan fingerprint density at radius 1 is 1.43 bits per heavy atom. The molecule has 1 atom stereocenters. The molecule has 0 radical (unpaired) electrons. The van der Waals surface area contributed by atoms with Gasteiger partial charge in [-0.3, -0.25) is 0 Å². The maximum absolute atomic E-state index is 4.44. The Morgan fingerprint density at radius 3 is 2.71 bits per heavy atom. The van der Waals surface area contributed by atoms with Crippen LogP contribution in [0.2, 0.25) is 0 Å². The van der Waals surface area contributed by atoms with Crippen LogP contribution in [0.4, 0.5) is 0 Å². The van der Waals surface area contributed by atoms with E-state index in [9.17, 15) is 0 Å². The molecule has 2 heterocycles. The molecule has 0 N–H and O–H groups in total. The largest absolute Gasteiger partial charge is 0.345 e. The fourth-order valence-electron chi connectivity index (χ4n) is 1.41. The van der Waals surface area contributed by atoms with Gasteiger partial charge in [0.2, 0.25) is 0 Å². The molecule has 0 amide bonds. The highest BCUT2D eigenvalue weighted by Crippen LogP contribution is 2.23. The van der Waals surface area contributed by atoms with Gasteiger partial charge >= 0.3 is 0 Å². The second kappa shape index (κ2) is 3.96.